The van der Waals surface area contributed by atoms with E-state index in [1.165, 1.54) is 0 Å². The monoisotopic (exact) mass is 365 g/mol. The van der Waals surface area contributed by atoms with Crippen molar-refractivity contribution in [1.82, 2.24) is 4.90 Å². The average Bonchev–Trinajstić information content (AvgIpc) is 3.11. The van der Waals surface area contributed by atoms with Crippen molar-refractivity contribution < 1.29 is 28.8 Å². The van der Waals surface area contributed by atoms with Crippen molar-refractivity contribution in [1.29, 1.82) is 0 Å². The van der Waals surface area contributed by atoms with E-state index in [2.05, 4.69) is 4.90 Å². The number of benzene rings is 1. The van der Waals surface area contributed by atoms with Crippen LogP contribution in [0.5, 0.6) is 5.75 Å². The Hall–Kier alpha value is -1.67. The van der Waals surface area contributed by atoms with Crippen molar-refractivity contribution in [3.05, 3.63) is 29.8 Å². The fourth-order valence-electron chi connectivity index (χ4n) is 3.31. The van der Waals surface area contributed by atoms with Gasteiger partial charge >= 0.3 is 5.97 Å². The predicted molar refractivity (Wildman–Crippen MR) is 94.2 cm³/mol. The molecule has 1 aromatic carbocycles. The lowest BCUT2D eigenvalue weighted by molar-refractivity contribution is -0.186. The molecule has 1 spiro atoms. The highest BCUT2D eigenvalue weighted by Gasteiger charge is 2.39. The van der Waals surface area contributed by atoms with Crippen LogP contribution in [0, 0.1) is 0 Å². The van der Waals surface area contributed by atoms with Gasteiger partial charge in [0, 0.05) is 32.5 Å². The van der Waals surface area contributed by atoms with Crippen LogP contribution in [0.25, 0.3) is 0 Å². The number of rotatable bonds is 7. The summed E-state index contributed by atoms with van der Waals surface area (Å²) in [6.07, 6.45) is 1.07. The van der Waals surface area contributed by atoms with Gasteiger partial charge in [0.05, 0.1) is 25.4 Å². The third kappa shape index (κ3) is 4.94. The number of likely N-dealkylation sites (tertiary alicyclic amines) is 1. The Morgan fingerprint density at radius 2 is 1.88 bits per heavy atom. The van der Waals surface area contributed by atoms with Crippen LogP contribution in [0.15, 0.2) is 24.3 Å². The molecule has 2 aliphatic rings. The normalized spacial score (nSPS) is 20.8. The van der Waals surface area contributed by atoms with Crippen molar-refractivity contribution in [3.8, 4) is 5.75 Å². The van der Waals surface area contributed by atoms with Crippen LogP contribution >= 0.6 is 0 Å². The smallest absolute Gasteiger partial charge is 0.338 e. The number of carbonyl (C=O) groups excluding carboxylic acids is 1. The lowest BCUT2D eigenvalue weighted by Gasteiger charge is -2.38. The minimum absolute atomic E-state index is 0.202. The molecule has 1 aromatic rings. The first-order valence-corrected chi connectivity index (χ1v) is 9.18. The molecule has 144 valence electrons. The predicted octanol–water partition coefficient (Wildman–Crippen LogP) is 1.44. The number of ether oxygens (including phenoxy) is 4. The largest absolute Gasteiger partial charge is 0.491 e. The van der Waals surface area contributed by atoms with Crippen molar-refractivity contribution >= 4 is 5.97 Å². The number of β-amino-alcohol motifs (C(OH)–C–C–N with tert-alkyl or cyclic N) is 1. The average molecular weight is 365 g/mol. The molecule has 0 aliphatic carbocycles. The molecular formula is C19H27NO6. The van der Waals surface area contributed by atoms with E-state index in [0.717, 1.165) is 25.9 Å². The van der Waals surface area contributed by atoms with Crippen LogP contribution in [-0.4, -0.2) is 73.9 Å². The molecule has 0 amide bonds. The van der Waals surface area contributed by atoms with Gasteiger partial charge in [0.2, 0.25) is 0 Å². The fourth-order valence-corrected chi connectivity index (χ4v) is 3.31. The lowest BCUT2D eigenvalue weighted by Crippen LogP contribution is -2.47. The number of hydrogen-bond acceptors (Lipinski definition) is 7. The molecule has 0 aromatic heterocycles. The van der Waals surface area contributed by atoms with E-state index >= 15 is 0 Å². The number of esters is 1. The van der Waals surface area contributed by atoms with Gasteiger partial charge in [-0.15, -0.1) is 0 Å². The third-order valence-electron chi connectivity index (χ3n) is 4.71. The van der Waals surface area contributed by atoms with Crippen LogP contribution in [-0.2, 0) is 14.2 Å². The van der Waals surface area contributed by atoms with Crippen molar-refractivity contribution in [2.45, 2.75) is 31.7 Å². The topological polar surface area (TPSA) is 77.5 Å². The standard InChI is InChI=1S/C19H27NO6/c1-2-23-18(22)15-3-5-17(6-4-15)24-14-16(21)13-20-9-7-19(8-10-20)25-11-12-26-19/h3-6,16,21H,2,7-14H2,1H3. The van der Waals surface area contributed by atoms with Gasteiger partial charge in [0.25, 0.3) is 0 Å². The Morgan fingerprint density at radius 3 is 2.50 bits per heavy atom. The summed E-state index contributed by atoms with van der Waals surface area (Å²) in [6, 6.07) is 6.73. The van der Waals surface area contributed by atoms with Gasteiger partial charge in [0.15, 0.2) is 5.79 Å². The van der Waals surface area contributed by atoms with Gasteiger partial charge in [-0.05, 0) is 31.2 Å². The zero-order valence-corrected chi connectivity index (χ0v) is 15.2. The first-order chi connectivity index (χ1) is 12.6. The van der Waals surface area contributed by atoms with E-state index in [1.54, 1.807) is 31.2 Å². The van der Waals surface area contributed by atoms with Crippen LogP contribution in [0.3, 0.4) is 0 Å². The number of aliphatic hydroxyl groups excluding tert-OH is 1. The van der Waals surface area contributed by atoms with Crippen molar-refractivity contribution in [3.63, 3.8) is 0 Å². The second kappa shape index (κ2) is 8.81. The molecule has 1 atom stereocenters. The molecule has 7 heteroatoms. The third-order valence-corrected chi connectivity index (χ3v) is 4.71. The SMILES string of the molecule is CCOC(=O)c1ccc(OCC(O)CN2CCC3(CC2)OCCO3)cc1. The first-order valence-electron chi connectivity index (χ1n) is 9.18. The second-order valence-corrected chi connectivity index (χ2v) is 6.62. The zero-order valence-electron chi connectivity index (χ0n) is 15.2. The maximum Gasteiger partial charge on any atom is 0.338 e. The summed E-state index contributed by atoms with van der Waals surface area (Å²) in [5, 5.41) is 10.2. The molecule has 2 heterocycles. The lowest BCUT2D eigenvalue weighted by atomic mass is 10.0. The molecule has 0 radical (unpaired) electrons. The summed E-state index contributed by atoms with van der Waals surface area (Å²) in [7, 11) is 0. The number of aliphatic hydroxyl groups is 1. The Labute approximate surface area is 153 Å². The van der Waals surface area contributed by atoms with Gasteiger partial charge < -0.3 is 29.0 Å². The Bertz CT molecular complexity index is 574. The molecule has 3 rings (SSSR count). The minimum Gasteiger partial charge on any atom is -0.491 e. The molecule has 1 unspecified atom stereocenters. The quantitative estimate of drug-likeness (QED) is 0.733. The van der Waals surface area contributed by atoms with E-state index in [9.17, 15) is 9.90 Å². The second-order valence-electron chi connectivity index (χ2n) is 6.62. The molecule has 26 heavy (non-hydrogen) atoms. The summed E-state index contributed by atoms with van der Waals surface area (Å²) in [5.41, 5.74) is 0.485. The van der Waals surface area contributed by atoms with Crippen LogP contribution in [0.2, 0.25) is 0 Å². The minimum atomic E-state index is -0.584. The summed E-state index contributed by atoms with van der Waals surface area (Å²) >= 11 is 0. The number of nitrogens with zero attached hydrogens (tertiary/aromatic N) is 1. The van der Waals surface area contributed by atoms with Gasteiger partial charge in [-0.25, -0.2) is 4.79 Å². The summed E-state index contributed by atoms with van der Waals surface area (Å²) in [6.45, 7) is 5.89. The molecule has 2 saturated heterocycles. The van der Waals surface area contributed by atoms with E-state index in [4.69, 9.17) is 18.9 Å². The van der Waals surface area contributed by atoms with Gasteiger partial charge in [-0.2, -0.15) is 0 Å². The summed E-state index contributed by atoms with van der Waals surface area (Å²) in [4.78, 5) is 13.8. The van der Waals surface area contributed by atoms with Crippen molar-refractivity contribution in [2.75, 3.05) is 46.1 Å². The van der Waals surface area contributed by atoms with E-state index in [1.807, 2.05) is 0 Å². The highest BCUT2D eigenvalue weighted by atomic mass is 16.7. The molecule has 0 saturated carbocycles. The van der Waals surface area contributed by atoms with Crippen LogP contribution in [0.4, 0.5) is 0 Å². The number of carbonyl (C=O) groups is 1. The number of hydrogen-bond donors (Lipinski definition) is 1. The van der Waals surface area contributed by atoms with Crippen molar-refractivity contribution in [2.24, 2.45) is 0 Å². The van der Waals surface area contributed by atoms with Crippen LogP contribution in [0.1, 0.15) is 30.1 Å². The first kappa shape index (κ1) is 19.1. The Balaban J connectivity index is 1.39. The van der Waals surface area contributed by atoms with Gasteiger partial charge in [0.1, 0.15) is 18.5 Å². The van der Waals surface area contributed by atoms with Crippen LogP contribution < -0.4 is 4.74 Å². The molecule has 7 nitrogen and oxygen atoms in total. The Morgan fingerprint density at radius 1 is 1.23 bits per heavy atom. The maximum absolute atomic E-state index is 11.6. The van der Waals surface area contributed by atoms with Gasteiger partial charge in [-0.3, -0.25) is 0 Å². The number of piperidine rings is 1. The van der Waals surface area contributed by atoms with E-state index in [-0.39, 0.29) is 12.6 Å². The maximum atomic E-state index is 11.6. The Kier molecular flexibility index (Phi) is 6.48. The highest BCUT2D eigenvalue weighted by molar-refractivity contribution is 5.89. The molecular weight excluding hydrogens is 338 g/mol. The fraction of sp³-hybridized carbons (Fsp3) is 0.632. The highest BCUT2D eigenvalue weighted by Crippen LogP contribution is 2.31. The molecule has 2 fully saturated rings. The molecule has 0 bridgehead atoms. The zero-order chi connectivity index (χ0) is 18.4. The van der Waals surface area contributed by atoms with Gasteiger partial charge in [-0.1, -0.05) is 0 Å². The van der Waals surface area contributed by atoms with E-state index in [0.29, 0.717) is 37.7 Å². The summed E-state index contributed by atoms with van der Waals surface area (Å²) < 4.78 is 22.0. The summed E-state index contributed by atoms with van der Waals surface area (Å²) in [5.74, 6) is -0.127. The van der Waals surface area contributed by atoms with E-state index < -0.39 is 11.9 Å². The molecule has 1 N–H and O–H groups in total. The molecule has 2 aliphatic heterocycles.